The molecule has 6 heteroatoms. The fourth-order valence-corrected chi connectivity index (χ4v) is 3.61. The van der Waals surface area contributed by atoms with E-state index in [9.17, 15) is 4.21 Å². The molecule has 1 aliphatic rings. The van der Waals surface area contributed by atoms with Gasteiger partial charge in [-0.3, -0.25) is 4.21 Å². The van der Waals surface area contributed by atoms with Crippen LogP contribution in [0.1, 0.15) is 18.5 Å². The normalized spacial score (nSPS) is 22.8. The Kier molecular flexibility index (Phi) is 4.22. The smallest absolute Gasteiger partial charge is 0.0969 e. The van der Waals surface area contributed by atoms with E-state index in [2.05, 4.69) is 15.5 Å². The first kappa shape index (κ1) is 13.5. The lowest BCUT2D eigenvalue weighted by Gasteiger charge is -2.21. The van der Waals surface area contributed by atoms with Gasteiger partial charge in [-0.2, -0.15) is 15.0 Å². The molecule has 1 fully saturated rings. The Balaban J connectivity index is 1.57. The van der Waals surface area contributed by atoms with E-state index in [1.807, 2.05) is 30.3 Å². The summed E-state index contributed by atoms with van der Waals surface area (Å²) in [5.74, 6) is 1.63. The molecule has 0 bridgehead atoms. The first-order valence-corrected chi connectivity index (χ1v) is 8.35. The summed E-state index contributed by atoms with van der Waals surface area (Å²) in [6.07, 6.45) is 3.76. The van der Waals surface area contributed by atoms with Crippen LogP contribution in [0.25, 0.3) is 5.69 Å². The van der Waals surface area contributed by atoms with Gasteiger partial charge in [0, 0.05) is 34.9 Å². The third kappa shape index (κ3) is 3.32. The fourth-order valence-electron chi connectivity index (χ4n) is 2.31. The highest BCUT2D eigenvalue weighted by molar-refractivity contribution is 7.85. The van der Waals surface area contributed by atoms with Crippen LogP contribution in [0.4, 0.5) is 0 Å². The average molecular weight is 290 g/mol. The van der Waals surface area contributed by atoms with Gasteiger partial charge in [-0.05, 0) is 25.0 Å². The first-order valence-electron chi connectivity index (χ1n) is 6.86. The lowest BCUT2D eigenvalue weighted by Crippen LogP contribution is -2.35. The van der Waals surface area contributed by atoms with Crippen LogP contribution in [0.5, 0.6) is 0 Å². The zero-order valence-corrected chi connectivity index (χ0v) is 12.1. The highest BCUT2D eigenvalue weighted by Gasteiger charge is 2.17. The van der Waals surface area contributed by atoms with Crippen LogP contribution in [0, 0.1) is 0 Å². The lowest BCUT2D eigenvalue weighted by atomic mass is 10.1. The molecular weight excluding hydrogens is 272 g/mol. The van der Waals surface area contributed by atoms with Crippen LogP contribution in [0.3, 0.4) is 0 Å². The van der Waals surface area contributed by atoms with Crippen molar-refractivity contribution < 1.29 is 4.21 Å². The van der Waals surface area contributed by atoms with Crippen LogP contribution in [0.15, 0.2) is 36.5 Å². The molecule has 1 aliphatic heterocycles. The second-order valence-electron chi connectivity index (χ2n) is 4.96. The van der Waals surface area contributed by atoms with E-state index in [1.165, 1.54) is 0 Å². The molecule has 0 atom stereocenters. The van der Waals surface area contributed by atoms with Gasteiger partial charge in [0.2, 0.25) is 0 Å². The van der Waals surface area contributed by atoms with Crippen LogP contribution in [-0.4, -0.2) is 36.8 Å². The summed E-state index contributed by atoms with van der Waals surface area (Å²) < 4.78 is 11.3. The number of hydrogen-bond donors (Lipinski definition) is 1. The number of nitrogens with one attached hydrogen (secondary N) is 1. The summed E-state index contributed by atoms with van der Waals surface area (Å²) in [7, 11) is -0.602. The van der Waals surface area contributed by atoms with Crippen LogP contribution < -0.4 is 5.32 Å². The van der Waals surface area contributed by atoms with E-state index in [4.69, 9.17) is 0 Å². The Morgan fingerprint density at radius 3 is 2.75 bits per heavy atom. The van der Waals surface area contributed by atoms with Crippen LogP contribution >= 0.6 is 0 Å². The molecule has 1 N–H and O–H groups in total. The SMILES string of the molecule is O=S1CCC(NCc2cnn(-c3ccccc3)n2)CC1. The van der Waals surface area contributed by atoms with Gasteiger partial charge < -0.3 is 5.32 Å². The molecular formula is C14H18N4OS. The quantitative estimate of drug-likeness (QED) is 0.921. The summed E-state index contributed by atoms with van der Waals surface area (Å²) in [6, 6.07) is 10.3. The van der Waals surface area contributed by atoms with Gasteiger partial charge in [0.05, 0.1) is 17.6 Å². The van der Waals surface area contributed by atoms with Gasteiger partial charge in [-0.25, -0.2) is 0 Å². The molecule has 0 amide bonds. The molecule has 0 saturated carbocycles. The van der Waals surface area contributed by atoms with Crippen molar-refractivity contribution in [1.82, 2.24) is 20.3 Å². The van der Waals surface area contributed by atoms with Crippen molar-refractivity contribution in [3.8, 4) is 5.69 Å². The maximum absolute atomic E-state index is 11.3. The summed E-state index contributed by atoms with van der Waals surface area (Å²) >= 11 is 0. The Bertz CT molecular complexity index is 574. The molecule has 0 unspecified atom stereocenters. The highest BCUT2D eigenvalue weighted by atomic mass is 32.2. The van der Waals surface area contributed by atoms with E-state index in [-0.39, 0.29) is 0 Å². The Morgan fingerprint density at radius 2 is 2.00 bits per heavy atom. The summed E-state index contributed by atoms with van der Waals surface area (Å²) in [4.78, 5) is 1.65. The Labute approximate surface area is 120 Å². The number of nitrogens with zero attached hydrogens (tertiary/aromatic N) is 3. The topological polar surface area (TPSA) is 59.8 Å². The predicted molar refractivity (Wildman–Crippen MR) is 79.1 cm³/mol. The minimum atomic E-state index is -0.602. The Morgan fingerprint density at radius 1 is 1.25 bits per heavy atom. The number of hydrogen-bond acceptors (Lipinski definition) is 4. The van der Waals surface area contributed by atoms with Crippen molar-refractivity contribution in [2.75, 3.05) is 11.5 Å². The first-order chi connectivity index (χ1) is 9.81. The van der Waals surface area contributed by atoms with Gasteiger partial charge in [0.15, 0.2) is 0 Å². The molecule has 0 aliphatic carbocycles. The Hall–Kier alpha value is -1.53. The van der Waals surface area contributed by atoms with Crippen molar-refractivity contribution in [2.45, 2.75) is 25.4 Å². The van der Waals surface area contributed by atoms with Gasteiger partial charge in [-0.1, -0.05) is 18.2 Å². The van der Waals surface area contributed by atoms with E-state index in [0.29, 0.717) is 12.6 Å². The maximum atomic E-state index is 11.3. The molecule has 0 radical (unpaired) electrons. The van der Waals surface area contributed by atoms with E-state index in [1.54, 1.807) is 11.0 Å². The minimum absolute atomic E-state index is 0.453. The predicted octanol–water partition coefficient (Wildman–Crippen LogP) is 1.27. The van der Waals surface area contributed by atoms with Crippen LogP contribution in [-0.2, 0) is 17.3 Å². The highest BCUT2D eigenvalue weighted by Crippen LogP contribution is 2.10. The van der Waals surface area contributed by atoms with E-state index >= 15 is 0 Å². The molecule has 2 aromatic rings. The van der Waals surface area contributed by atoms with Gasteiger partial charge in [0.25, 0.3) is 0 Å². The third-order valence-corrected chi connectivity index (χ3v) is 4.87. The zero-order valence-electron chi connectivity index (χ0n) is 11.2. The molecule has 2 heterocycles. The molecule has 1 aromatic carbocycles. The minimum Gasteiger partial charge on any atom is -0.308 e. The second kappa shape index (κ2) is 6.28. The molecule has 1 aromatic heterocycles. The van der Waals surface area contributed by atoms with E-state index in [0.717, 1.165) is 35.7 Å². The monoisotopic (exact) mass is 290 g/mol. The molecule has 0 spiro atoms. The lowest BCUT2D eigenvalue weighted by molar-refractivity contribution is 0.471. The number of benzene rings is 1. The van der Waals surface area contributed by atoms with Crippen molar-refractivity contribution in [3.63, 3.8) is 0 Å². The fraction of sp³-hybridized carbons (Fsp3) is 0.429. The van der Waals surface area contributed by atoms with Gasteiger partial charge in [-0.15, -0.1) is 0 Å². The summed E-state index contributed by atoms with van der Waals surface area (Å²) in [5.41, 5.74) is 1.90. The molecule has 106 valence electrons. The largest absolute Gasteiger partial charge is 0.308 e. The second-order valence-corrected chi connectivity index (χ2v) is 6.66. The van der Waals surface area contributed by atoms with Crippen molar-refractivity contribution >= 4 is 10.8 Å². The van der Waals surface area contributed by atoms with Crippen molar-refractivity contribution in [1.29, 1.82) is 0 Å². The standard InChI is InChI=1S/C14H18N4OS/c19-20-8-6-12(7-9-20)15-10-13-11-16-18(17-13)14-4-2-1-3-5-14/h1-5,11-12,15H,6-10H2. The molecule has 1 saturated heterocycles. The number of rotatable bonds is 4. The number of aromatic nitrogens is 3. The summed E-state index contributed by atoms with van der Waals surface area (Å²) in [6.45, 7) is 0.712. The molecule has 3 rings (SSSR count). The summed E-state index contributed by atoms with van der Waals surface area (Å²) in [5, 5.41) is 12.2. The number of para-hydroxylation sites is 1. The maximum Gasteiger partial charge on any atom is 0.0969 e. The third-order valence-electron chi connectivity index (χ3n) is 3.49. The average Bonchev–Trinajstić information content (AvgIpc) is 2.97. The zero-order chi connectivity index (χ0) is 13.8. The van der Waals surface area contributed by atoms with Crippen molar-refractivity contribution in [3.05, 3.63) is 42.2 Å². The molecule has 20 heavy (non-hydrogen) atoms. The molecule has 5 nitrogen and oxygen atoms in total. The van der Waals surface area contributed by atoms with E-state index < -0.39 is 10.8 Å². The van der Waals surface area contributed by atoms with Crippen molar-refractivity contribution in [2.24, 2.45) is 0 Å². The van der Waals surface area contributed by atoms with Gasteiger partial charge >= 0.3 is 0 Å². The van der Waals surface area contributed by atoms with Gasteiger partial charge in [0.1, 0.15) is 0 Å². The van der Waals surface area contributed by atoms with Crippen LogP contribution in [0.2, 0.25) is 0 Å².